The summed E-state index contributed by atoms with van der Waals surface area (Å²) in [6, 6.07) is 12.6. The summed E-state index contributed by atoms with van der Waals surface area (Å²) in [5.74, 6) is 2.51. The topological polar surface area (TPSA) is 44.5 Å². The first-order valence-corrected chi connectivity index (χ1v) is 6.88. The first-order valence-electron chi connectivity index (χ1n) is 6.50. The number of hydrogen-bond acceptors (Lipinski definition) is 3. The molecule has 0 heterocycles. The van der Waals surface area contributed by atoms with E-state index in [1.54, 1.807) is 18.2 Å². The Labute approximate surface area is 124 Å². The van der Waals surface area contributed by atoms with Crippen LogP contribution in [0.1, 0.15) is 13.8 Å². The van der Waals surface area contributed by atoms with Crippen LogP contribution in [-0.4, -0.2) is 6.61 Å². The minimum Gasteiger partial charge on any atom is -0.493 e. The molecular weight excluding hydrogens is 274 g/mol. The Hall–Kier alpha value is -1.87. The van der Waals surface area contributed by atoms with Crippen LogP contribution >= 0.6 is 11.6 Å². The van der Waals surface area contributed by atoms with Crippen molar-refractivity contribution in [3.05, 3.63) is 47.5 Å². The number of halogens is 1. The molecule has 0 unspecified atom stereocenters. The van der Waals surface area contributed by atoms with Gasteiger partial charge in [-0.2, -0.15) is 0 Å². The fourth-order valence-electron chi connectivity index (χ4n) is 1.62. The third-order valence-corrected chi connectivity index (χ3v) is 2.87. The summed E-state index contributed by atoms with van der Waals surface area (Å²) >= 11 is 6.09. The fraction of sp³-hybridized carbons (Fsp3) is 0.250. The number of nitrogen functional groups attached to an aromatic ring is 1. The van der Waals surface area contributed by atoms with Crippen LogP contribution < -0.4 is 15.2 Å². The standard InChI is InChI=1S/C16H18ClNO2/c1-11(2)10-19-13-4-3-5-14(9-13)20-16-7-6-12(18)8-15(16)17/h3-9,11H,10,18H2,1-2H3. The molecule has 0 aliphatic rings. The zero-order valence-corrected chi connectivity index (χ0v) is 12.4. The van der Waals surface area contributed by atoms with Gasteiger partial charge in [0.25, 0.3) is 0 Å². The van der Waals surface area contributed by atoms with Gasteiger partial charge in [0, 0.05) is 11.8 Å². The average molecular weight is 292 g/mol. The van der Waals surface area contributed by atoms with Crippen molar-refractivity contribution in [1.29, 1.82) is 0 Å². The monoisotopic (exact) mass is 291 g/mol. The molecule has 0 spiro atoms. The van der Waals surface area contributed by atoms with Gasteiger partial charge < -0.3 is 15.2 Å². The van der Waals surface area contributed by atoms with Gasteiger partial charge in [-0.25, -0.2) is 0 Å². The van der Waals surface area contributed by atoms with E-state index in [4.69, 9.17) is 26.8 Å². The maximum Gasteiger partial charge on any atom is 0.146 e. The summed E-state index contributed by atoms with van der Waals surface area (Å²) in [5, 5.41) is 0.485. The molecule has 0 amide bonds. The Balaban J connectivity index is 2.11. The van der Waals surface area contributed by atoms with Gasteiger partial charge in [0.2, 0.25) is 0 Å². The molecule has 0 aromatic heterocycles. The molecule has 2 rings (SSSR count). The molecule has 106 valence electrons. The minimum atomic E-state index is 0.478. The third-order valence-electron chi connectivity index (χ3n) is 2.57. The largest absolute Gasteiger partial charge is 0.493 e. The van der Waals surface area contributed by atoms with Crippen molar-refractivity contribution in [2.24, 2.45) is 5.92 Å². The molecule has 0 saturated carbocycles. The highest BCUT2D eigenvalue weighted by Crippen LogP contribution is 2.32. The van der Waals surface area contributed by atoms with Gasteiger partial charge in [-0.1, -0.05) is 31.5 Å². The van der Waals surface area contributed by atoms with Gasteiger partial charge in [-0.15, -0.1) is 0 Å². The summed E-state index contributed by atoms with van der Waals surface area (Å²) < 4.78 is 11.4. The maximum absolute atomic E-state index is 6.09. The van der Waals surface area contributed by atoms with Crippen LogP contribution in [0, 0.1) is 5.92 Å². The lowest BCUT2D eigenvalue weighted by molar-refractivity contribution is 0.270. The van der Waals surface area contributed by atoms with E-state index >= 15 is 0 Å². The lowest BCUT2D eigenvalue weighted by Gasteiger charge is -2.11. The van der Waals surface area contributed by atoms with Crippen molar-refractivity contribution < 1.29 is 9.47 Å². The zero-order valence-electron chi connectivity index (χ0n) is 11.6. The summed E-state index contributed by atoms with van der Waals surface area (Å²) in [6.45, 7) is 4.88. The van der Waals surface area contributed by atoms with Crippen molar-refractivity contribution in [2.75, 3.05) is 12.3 Å². The van der Waals surface area contributed by atoms with Crippen LogP contribution in [0.2, 0.25) is 5.02 Å². The second-order valence-corrected chi connectivity index (χ2v) is 5.38. The van der Waals surface area contributed by atoms with E-state index < -0.39 is 0 Å². The summed E-state index contributed by atoms with van der Waals surface area (Å²) in [7, 11) is 0. The first-order chi connectivity index (χ1) is 9.54. The Morgan fingerprint density at radius 3 is 2.55 bits per heavy atom. The SMILES string of the molecule is CC(C)COc1cccc(Oc2ccc(N)cc2Cl)c1. The predicted octanol–water partition coefficient (Wildman–Crippen LogP) is 4.75. The number of benzene rings is 2. The highest BCUT2D eigenvalue weighted by Gasteiger charge is 2.05. The quantitative estimate of drug-likeness (QED) is 0.809. The number of nitrogens with two attached hydrogens (primary N) is 1. The molecule has 0 aliphatic carbocycles. The molecule has 3 nitrogen and oxygen atoms in total. The normalized spacial score (nSPS) is 10.6. The summed E-state index contributed by atoms with van der Waals surface area (Å²) in [6.07, 6.45) is 0. The van der Waals surface area contributed by atoms with Crippen molar-refractivity contribution in [3.63, 3.8) is 0 Å². The van der Waals surface area contributed by atoms with Crippen molar-refractivity contribution in [1.82, 2.24) is 0 Å². The Morgan fingerprint density at radius 1 is 1.10 bits per heavy atom. The molecular formula is C16H18ClNO2. The van der Waals surface area contributed by atoms with Crippen LogP contribution in [0.15, 0.2) is 42.5 Å². The molecule has 0 atom stereocenters. The van der Waals surface area contributed by atoms with E-state index in [2.05, 4.69) is 13.8 Å². The average Bonchev–Trinajstić information content (AvgIpc) is 2.40. The van der Waals surface area contributed by atoms with Crippen molar-refractivity contribution >= 4 is 17.3 Å². The molecule has 4 heteroatoms. The first kappa shape index (κ1) is 14.5. The van der Waals surface area contributed by atoms with Gasteiger partial charge in [0.15, 0.2) is 0 Å². The Bertz CT molecular complexity index is 584. The van der Waals surface area contributed by atoms with Gasteiger partial charge in [0.1, 0.15) is 17.2 Å². The van der Waals surface area contributed by atoms with E-state index in [-0.39, 0.29) is 0 Å². The van der Waals surface area contributed by atoms with Crippen LogP contribution in [0.25, 0.3) is 0 Å². The molecule has 2 aromatic carbocycles. The van der Waals surface area contributed by atoms with Crippen LogP contribution in [-0.2, 0) is 0 Å². The third kappa shape index (κ3) is 4.07. The van der Waals surface area contributed by atoms with Gasteiger partial charge in [0.05, 0.1) is 11.6 Å². The maximum atomic E-state index is 6.09. The number of ether oxygens (including phenoxy) is 2. The summed E-state index contributed by atoms with van der Waals surface area (Å²) in [4.78, 5) is 0. The highest BCUT2D eigenvalue weighted by atomic mass is 35.5. The number of hydrogen-bond donors (Lipinski definition) is 1. The molecule has 0 aliphatic heterocycles. The van der Waals surface area contributed by atoms with Crippen LogP contribution in [0.4, 0.5) is 5.69 Å². The molecule has 0 saturated heterocycles. The van der Waals surface area contributed by atoms with Gasteiger partial charge in [-0.05, 0) is 36.2 Å². The molecule has 2 aromatic rings. The van der Waals surface area contributed by atoms with Gasteiger partial charge in [-0.3, -0.25) is 0 Å². The summed E-state index contributed by atoms with van der Waals surface area (Å²) in [5.41, 5.74) is 6.26. The molecule has 0 radical (unpaired) electrons. The molecule has 0 bridgehead atoms. The lowest BCUT2D eigenvalue weighted by atomic mass is 10.2. The second-order valence-electron chi connectivity index (χ2n) is 4.97. The van der Waals surface area contributed by atoms with E-state index in [9.17, 15) is 0 Å². The lowest BCUT2D eigenvalue weighted by Crippen LogP contribution is -2.04. The Morgan fingerprint density at radius 2 is 1.85 bits per heavy atom. The van der Waals surface area contributed by atoms with Crippen molar-refractivity contribution in [2.45, 2.75) is 13.8 Å². The predicted molar refractivity (Wildman–Crippen MR) is 82.7 cm³/mol. The number of anilines is 1. The number of rotatable bonds is 5. The Kier molecular flexibility index (Phi) is 4.74. The highest BCUT2D eigenvalue weighted by molar-refractivity contribution is 6.32. The second kappa shape index (κ2) is 6.53. The minimum absolute atomic E-state index is 0.478. The molecule has 2 N–H and O–H groups in total. The molecule has 0 fully saturated rings. The van der Waals surface area contributed by atoms with Crippen LogP contribution in [0.3, 0.4) is 0 Å². The smallest absolute Gasteiger partial charge is 0.146 e. The van der Waals surface area contributed by atoms with E-state index in [0.717, 1.165) is 5.75 Å². The fourth-order valence-corrected chi connectivity index (χ4v) is 1.84. The zero-order chi connectivity index (χ0) is 14.5. The van der Waals surface area contributed by atoms with Gasteiger partial charge >= 0.3 is 0 Å². The van der Waals surface area contributed by atoms with E-state index in [0.29, 0.717) is 34.7 Å². The molecule has 20 heavy (non-hydrogen) atoms. The van der Waals surface area contributed by atoms with E-state index in [1.807, 2.05) is 24.3 Å². The van der Waals surface area contributed by atoms with Crippen LogP contribution in [0.5, 0.6) is 17.2 Å². The van der Waals surface area contributed by atoms with E-state index in [1.165, 1.54) is 0 Å². The van der Waals surface area contributed by atoms with Crippen molar-refractivity contribution in [3.8, 4) is 17.2 Å².